The SMILES string of the molecule is O=C1COc2cccc(c2)-c2cncc(c2)C(=O)N[C@@H]2CN(C(=O)c3cc(-c4ccccn4)n[nH]3)CC[C@@H]2Oc2cc(F)cc(c2)CN1. The van der Waals surface area contributed by atoms with Gasteiger partial charge in [0, 0.05) is 56.3 Å². The van der Waals surface area contributed by atoms with Gasteiger partial charge in [-0.25, -0.2) is 4.39 Å². The highest BCUT2D eigenvalue weighted by Crippen LogP contribution is 2.26. The minimum absolute atomic E-state index is 0.0473. The zero-order valence-corrected chi connectivity index (χ0v) is 25.6. The van der Waals surface area contributed by atoms with E-state index in [2.05, 4.69) is 30.8 Å². The van der Waals surface area contributed by atoms with E-state index in [-0.39, 0.29) is 43.0 Å². The molecule has 12 nitrogen and oxygen atoms in total. The Labute approximate surface area is 274 Å². The molecule has 0 unspecified atom stereocenters. The van der Waals surface area contributed by atoms with Gasteiger partial charge in [-0.1, -0.05) is 18.2 Å². The van der Waals surface area contributed by atoms with Crippen molar-refractivity contribution in [2.24, 2.45) is 0 Å². The molecule has 5 heterocycles. The normalized spacial score (nSPS) is 18.1. The van der Waals surface area contributed by atoms with E-state index in [1.807, 2.05) is 12.1 Å². The Kier molecular flexibility index (Phi) is 8.47. The number of nitrogens with one attached hydrogen (secondary N) is 3. The number of piperidine rings is 1. The number of hydrogen-bond donors (Lipinski definition) is 3. The van der Waals surface area contributed by atoms with Gasteiger partial charge in [-0.3, -0.25) is 29.5 Å². The topological polar surface area (TPSA) is 151 Å². The molecule has 0 spiro atoms. The van der Waals surface area contributed by atoms with Crippen LogP contribution in [0.1, 0.15) is 32.8 Å². The lowest BCUT2D eigenvalue weighted by atomic mass is 10.00. The number of likely N-dealkylation sites (tertiary alicyclic amines) is 1. The Hall–Kier alpha value is -6.11. The summed E-state index contributed by atoms with van der Waals surface area (Å²) in [5.74, 6) is -0.972. The smallest absolute Gasteiger partial charge is 0.271 e. The Morgan fingerprint density at radius 3 is 2.69 bits per heavy atom. The molecule has 2 aliphatic heterocycles. The molecule has 2 aromatic carbocycles. The highest BCUT2D eigenvalue weighted by atomic mass is 19.1. The third-order valence-electron chi connectivity index (χ3n) is 8.13. The van der Waals surface area contributed by atoms with Crippen molar-refractivity contribution in [2.45, 2.75) is 25.1 Å². The van der Waals surface area contributed by atoms with Crippen molar-refractivity contribution in [1.29, 1.82) is 0 Å². The zero-order valence-electron chi connectivity index (χ0n) is 25.6. The maximum atomic E-state index is 14.7. The van der Waals surface area contributed by atoms with Crippen LogP contribution in [0.2, 0.25) is 0 Å². The fourth-order valence-electron chi connectivity index (χ4n) is 5.75. The number of fused-ring (bicyclic) bond motifs is 8. The lowest BCUT2D eigenvalue weighted by molar-refractivity contribution is -0.123. The highest BCUT2D eigenvalue weighted by Gasteiger charge is 2.35. The van der Waals surface area contributed by atoms with Crippen LogP contribution in [-0.2, 0) is 11.3 Å². The van der Waals surface area contributed by atoms with E-state index in [1.54, 1.807) is 65.8 Å². The lowest BCUT2D eigenvalue weighted by Gasteiger charge is -2.38. The van der Waals surface area contributed by atoms with Crippen molar-refractivity contribution >= 4 is 17.7 Å². The van der Waals surface area contributed by atoms with E-state index >= 15 is 0 Å². The van der Waals surface area contributed by atoms with Crippen LogP contribution in [-0.4, -0.2) is 74.6 Å². The molecular weight excluding hydrogens is 617 g/mol. The minimum atomic E-state index is -0.678. The predicted octanol–water partition coefficient (Wildman–Crippen LogP) is 3.77. The van der Waals surface area contributed by atoms with E-state index in [4.69, 9.17) is 9.47 Å². The third kappa shape index (κ3) is 6.84. The summed E-state index contributed by atoms with van der Waals surface area (Å²) in [5.41, 5.74) is 3.60. The molecule has 3 N–H and O–H groups in total. The van der Waals surface area contributed by atoms with E-state index < -0.39 is 23.9 Å². The first-order valence-corrected chi connectivity index (χ1v) is 15.4. The monoisotopic (exact) mass is 647 g/mol. The van der Waals surface area contributed by atoms with Gasteiger partial charge in [0.1, 0.15) is 34.8 Å². The lowest BCUT2D eigenvalue weighted by Crippen LogP contribution is -2.58. The van der Waals surface area contributed by atoms with Crippen LogP contribution in [0.4, 0.5) is 4.39 Å². The van der Waals surface area contributed by atoms with Gasteiger partial charge in [-0.15, -0.1) is 0 Å². The number of carbonyl (C=O) groups is 3. The van der Waals surface area contributed by atoms with Crippen LogP contribution in [0.15, 0.2) is 91.4 Å². The molecule has 3 aromatic heterocycles. The van der Waals surface area contributed by atoms with E-state index in [9.17, 15) is 18.8 Å². The third-order valence-corrected chi connectivity index (χ3v) is 8.13. The van der Waals surface area contributed by atoms with Crippen LogP contribution in [0.3, 0.4) is 0 Å². The van der Waals surface area contributed by atoms with Crippen LogP contribution in [0.25, 0.3) is 22.5 Å². The standard InChI is InChI=1S/C35H30FN7O5/c36-25-10-21-11-27(14-25)48-32-7-9-43(35(46)30-15-29(41-42-30)28-6-1-2-8-38-28)19-31(32)40-34(45)24-12-23(17-37-18-24)22-4-3-5-26(13-22)47-20-33(44)39-16-21/h1-6,8,10-15,17-18,31-32H,7,9,16,19-20H2,(H,39,44)(H,40,45)(H,41,42)/t31-,32+/m1/s1. The fourth-order valence-corrected chi connectivity index (χ4v) is 5.75. The van der Waals surface area contributed by atoms with Crippen molar-refractivity contribution < 1.29 is 28.2 Å². The summed E-state index contributed by atoms with van der Waals surface area (Å²) in [6.07, 6.45) is 4.45. The van der Waals surface area contributed by atoms with Crippen molar-refractivity contribution in [3.8, 4) is 34.0 Å². The second kappa shape index (κ2) is 13.3. The van der Waals surface area contributed by atoms with Crippen molar-refractivity contribution in [2.75, 3.05) is 19.7 Å². The zero-order chi connectivity index (χ0) is 33.0. The Bertz CT molecular complexity index is 1990. The van der Waals surface area contributed by atoms with Crippen LogP contribution >= 0.6 is 0 Å². The average Bonchev–Trinajstić information content (AvgIpc) is 3.61. The van der Waals surface area contributed by atoms with Crippen LogP contribution in [0, 0.1) is 5.82 Å². The molecule has 3 amide bonds. The second-order valence-electron chi connectivity index (χ2n) is 11.5. The Morgan fingerprint density at radius 2 is 1.81 bits per heavy atom. The average molecular weight is 648 g/mol. The van der Waals surface area contributed by atoms with Gasteiger partial charge in [-0.05, 0) is 59.7 Å². The molecule has 6 bridgehead atoms. The molecule has 242 valence electrons. The maximum absolute atomic E-state index is 14.7. The molecule has 0 saturated carbocycles. The molecule has 0 aliphatic carbocycles. The maximum Gasteiger partial charge on any atom is 0.271 e. The quantitative estimate of drug-likeness (QED) is 0.262. The number of benzene rings is 2. The second-order valence-corrected chi connectivity index (χ2v) is 11.5. The first-order valence-electron chi connectivity index (χ1n) is 15.4. The van der Waals surface area contributed by atoms with Gasteiger partial charge in [0.05, 0.1) is 17.3 Å². The number of halogens is 1. The number of pyridine rings is 2. The van der Waals surface area contributed by atoms with Gasteiger partial charge < -0.3 is 25.0 Å². The summed E-state index contributed by atoms with van der Waals surface area (Å²) >= 11 is 0. The number of hydrogen-bond acceptors (Lipinski definition) is 8. The molecule has 1 fully saturated rings. The minimum Gasteiger partial charge on any atom is -0.488 e. The molecule has 5 aromatic rings. The number of rotatable bonds is 2. The number of H-pyrrole nitrogens is 1. The van der Waals surface area contributed by atoms with E-state index in [1.165, 1.54) is 18.3 Å². The summed E-state index contributed by atoms with van der Waals surface area (Å²) < 4.78 is 26.7. The summed E-state index contributed by atoms with van der Waals surface area (Å²) in [6, 6.07) is 19.4. The Morgan fingerprint density at radius 1 is 0.917 bits per heavy atom. The molecule has 7 rings (SSSR count). The number of amides is 3. The van der Waals surface area contributed by atoms with E-state index in [0.717, 1.165) is 5.56 Å². The van der Waals surface area contributed by atoms with Crippen molar-refractivity contribution in [3.63, 3.8) is 0 Å². The molecule has 13 heteroatoms. The van der Waals surface area contributed by atoms with Crippen LogP contribution in [0.5, 0.6) is 11.5 Å². The highest BCUT2D eigenvalue weighted by molar-refractivity contribution is 5.96. The van der Waals surface area contributed by atoms with Gasteiger partial charge >= 0.3 is 0 Å². The summed E-state index contributed by atoms with van der Waals surface area (Å²) in [4.78, 5) is 50.1. The molecule has 2 atom stereocenters. The van der Waals surface area contributed by atoms with Gasteiger partial charge in [0.2, 0.25) is 0 Å². The molecule has 0 radical (unpaired) electrons. The van der Waals surface area contributed by atoms with Crippen LogP contribution < -0.4 is 20.1 Å². The first-order chi connectivity index (χ1) is 23.4. The predicted molar refractivity (Wildman–Crippen MR) is 171 cm³/mol. The number of carbonyl (C=O) groups excluding carboxylic acids is 3. The van der Waals surface area contributed by atoms with E-state index in [0.29, 0.717) is 46.8 Å². The molecule has 48 heavy (non-hydrogen) atoms. The number of nitrogens with zero attached hydrogens (tertiary/aromatic N) is 4. The number of ether oxygens (including phenoxy) is 2. The summed E-state index contributed by atoms with van der Waals surface area (Å²) in [5, 5.41) is 12.8. The summed E-state index contributed by atoms with van der Waals surface area (Å²) in [7, 11) is 0. The summed E-state index contributed by atoms with van der Waals surface area (Å²) in [6.45, 7) is 0.216. The largest absolute Gasteiger partial charge is 0.488 e. The van der Waals surface area contributed by atoms with Gasteiger partial charge in [0.15, 0.2) is 6.61 Å². The van der Waals surface area contributed by atoms with Crippen molar-refractivity contribution in [3.05, 3.63) is 114 Å². The van der Waals surface area contributed by atoms with Gasteiger partial charge in [0.25, 0.3) is 17.7 Å². The first kappa shape index (κ1) is 30.5. The number of aromatic amines is 1. The molecular formula is C35H30FN7O5. The number of aromatic nitrogens is 4. The Balaban J connectivity index is 1.19. The molecule has 2 aliphatic rings. The fraction of sp³-hybridized carbons (Fsp3) is 0.200. The van der Waals surface area contributed by atoms with Crippen molar-refractivity contribution in [1.82, 2.24) is 35.7 Å². The molecule has 1 saturated heterocycles. The van der Waals surface area contributed by atoms with Gasteiger partial charge in [-0.2, -0.15) is 5.10 Å².